The highest BCUT2D eigenvalue weighted by Gasteiger charge is 2.15. The van der Waals surface area contributed by atoms with Gasteiger partial charge in [-0.05, 0) is 54.3 Å². The van der Waals surface area contributed by atoms with Crippen LogP contribution in [0.2, 0.25) is 0 Å². The minimum Gasteiger partial charge on any atom is -0.491 e. The van der Waals surface area contributed by atoms with E-state index in [2.05, 4.69) is 56.4 Å². The molecule has 1 aliphatic heterocycles. The molecule has 1 aromatic carbocycles. The van der Waals surface area contributed by atoms with Crippen molar-refractivity contribution in [3.63, 3.8) is 0 Å². The quantitative estimate of drug-likeness (QED) is 0.411. The van der Waals surface area contributed by atoms with Crippen molar-refractivity contribution in [2.75, 3.05) is 29.9 Å². The van der Waals surface area contributed by atoms with Crippen molar-refractivity contribution in [2.45, 2.75) is 45.6 Å². The van der Waals surface area contributed by atoms with Gasteiger partial charge >= 0.3 is 0 Å². The third kappa shape index (κ3) is 4.93. The van der Waals surface area contributed by atoms with Gasteiger partial charge in [0.25, 0.3) is 0 Å². The van der Waals surface area contributed by atoms with E-state index in [1.165, 1.54) is 24.8 Å². The summed E-state index contributed by atoms with van der Waals surface area (Å²) < 4.78 is 8.00. The van der Waals surface area contributed by atoms with E-state index in [9.17, 15) is 0 Å². The maximum absolute atomic E-state index is 6.11. The molecule has 0 spiro atoms. The minimum atomic E-state index is 0.369. The lowest BCUT2D eigenvalue weighted by Gasteiger charge is -2.26. The number of ether oxygens (including phenoxy) is 1. The zero-order valence-electron chi connectivity index (χ0n) is 19.7. The summed E-state index contributed by atoms with van der Waals surface area (Å²) in [6.07, 6.45) is 10.7. The predicted molar refractivity (Wildman–Crippen MR) is 133 cm³/mol. The van der Waals surface area contributed by atoms with Crippen molar-refractivity contribution >= 4 is 28.4 Å². The predicted octanol–water partition coefficient (Wildman–Crippen LogP) is 4.55. The van der Waals surface area contributed by atoms with Gasteiger partial charge in [-0.25, -0.2) is 9.97 Å². The third-order valence-electron chi connectivity index (χ3n) is 6.13. The SMILES string of the molecule is CC(C)c1ccc(OCCn2cnnc2)c2cnc(Nc3ccnc(N4CCCCC4)n3)cc12. The molecule has 9 nitrogen and oxygen atoms in total. The summed E-state index contributed by atoms with van der Waals surface area (Å²) in [5.74, 6) is 3.46. The lowest BCUT2D eigenvalue weighted by atomic mass is 9.96. The number of benzene rings is 1. The summed E-state index contributed by atoms with van der Waals surface area (Å²) >= 11 is 0. The van der Waals surface area contributed by atoms with Crippen LogP contribution in [0.15, 0.2) is 49.3 Å². The maximum atomic E-state index is 6.11. The average molecular weight is 459 g/mol. The smallest absolute Gasteiger partial charge is 0.227 e. The highest BCUT2D eigenvalue weighted by molar-refractivity contribution is 5.92. The second kappa shape index (κ2) is 10.0. The van der Waals surface area contributed by atoms with Crippen LogP contribution in [0.25, 0.3) is 10.8 Å². The monoisotopic (exact) mass is 458 g/mol. The molecular weight excluding hydrogens is 428 g/mol. The number of anilines is 3. The Bertz CT molecular complexity index is 1240. The molecule has 1 aliphatic rings. The van der Waals surface area contributed by atoms with E-state index in [0.29, 0.717) is 19.1 Å². The van der Waals surface area contributed by atoms with Crippen LogP contribution in [0.4, 0.5) is 17.6 Å². The molecular formula is C25H30N8O. The largest absolute Gasteiger partial charge is 0.491 e. The summed E-state index contributed by atoms with van der Waals surface area (Å²) in [5, 5.41) is 13.2. The average Bonchev–Trinajstić information content (AvgIpc) is 3.38. The molecule has 0 atom stereocenters. The maximum Gasteiger partial charge on any atom is 0.227 e. The molecule has 1 saturated heterocycles. The highest BCUT2D eigenvalue weighted by Crippen LogP contribution is 2.34. The van der Waals surface area contributed by atoms with E-state index in [4.69, 9.17) is 9.72 Å². The van der Waals surface area contributed by atoms with Gasteiger partial charge < -0.3 is 19.5 Å². The number of nitrogens with one attached hydrogen (secondary N) is 1. The van der Waals surface area contributed by atoms with E-state index in [1.54, 1.807) is 12.7 Å². The number of hydrogen-bond donors (Lipinski definition) is 1. The minimum absolute atomic E-state index is 0.369. The zero-order valence-corrected chi connectivity index (χ0v) is 19.7. The first kappa shape index (κ1) is 22.1. The standard InChI is InChI=1S/C25H30N8O/c1-18(2)19-6-7-22(34-13-12-32-16-28-29-17-32)21-15-27-24(14-20(19)21)30-23-8-9-26-25(31-23)33-10-4-3-5-11-33/h6-9,14-18H,3-5,10-13H2,1-2H3,(H,26,27,30,31). The van der Waals surface area contributed by atoms with Crippen molar-refractivity contribution in [3.05, 3.63) is 54.9 Å². The fourth-order valence-electron chi connectivity index (χ4n) is 4.33. The van der Waals surface area contributed by atoms with E-state index in [1.807, 2.05) is 29.1 Å². The number of fused-ring (bicyclic) bond motifs is 1. The molecule has 1 N–H and O–H groups in total. The number of aromatic nitrogens is 6. The highest BCUT2D eigenvalue weighted by atomic mass is 16.5. The molecule has 0 amide bonds. The van der Waals surface area contributed by atoms with E-state index < -0.39 is 0 Å². The molecule has 0 saturated carbocycles. The lowest BCUT2D eigenvalue weighted by molar-refractivity contribution is 0.301. The van der Waals surface area contributed by atoms with Gasteiger partial charge in [0.15, 0.2) is 0 Å². The van der Waals surface area contributed by atoms with Crippen LogP contribution in [-0.2, 0) is 6.54 Å². The van der Waals surface area contributed by atoms with Crippen LogP contribution in [0.5, 0.6) is 5.75 Å². The summed E-state index contributed by atoms with van der Waals surface area (Å²) in [7, 11) is 0. The van der Waals surface area contributed by atoms with Gasteiger partial charge in [-0.15, -0.1) is 10.2 Å². The Balaban J connectivity index is 1.38. The van der Waals surface area contributed by atoms with Gasteiger partial charge in [0, 0.05) is 30.9 Å². The van der Waals surface area contributed by atoms with Gasteiger partial charge in [0.2, 0.25) is 5.95 Å². The van der Waals surface area contributed by atoms with Gasteiger partial charge in [0.05, 0.1) is 6.54 Å². The van der Waals surface area contributed by atoms with E-state index >= 15 is 0 Å². The van der Waals surface area contributed by atoms with Crippen LogP contribution >= 0.6 is 0 Å². The number of piperidine rings is 1. The molecule has 4 aromatic rings. The number of hydrogen-bond acceptors (Lipinski definition) is 8. The molecule has 9 heteroatoms. The molecule has 0 bridgehead atoms. The molecule has 176 valence electrons. The fraction of sp³-hybridized carbons (Fsp3) is 0.400. The first-order valence-corrected chi connectivity index (χ1v) is 11.9. The normalized spacial score (nSPS) is 14.0. The molecule has 5 rings (SSSR count). The zero-order chi connectivity index (χ0) is 23.3. The molecule has 0 unspecified atom stereocenters. The van der Waals surface area contributed by atoms with Crippen molar-refractivity contribution in [2.24, 2.45) is 0 Å². The molecule has 3 aromatic heterocycles. The molecule has 4 heterocycles. The Kier molecular flexibility index (Phi) is 6.51. The number of nitrogens with zero attached hydrogens (tertiary/aromatic N) is 7. The van der Waals surface area contributed by atoms with Gasteiger partial charge in [0.1, 0.15) is 36.6 Å². The Morgan fingerprint density at radius 3 is 2.59 bits per heavy atom. The molecule has 34 heavy (non-hydrogen) atoms. The van der Waals surface area contributed by atoms with Crippen LogP contribution in [0, 0.1) is 0 Å². The van der Waals surface area contributed by atoms with Gasteiger partial charge in [-0.3, -0.25) is 0 Å². The summed E-state index contributed by atoms with van der Waals surface area (Å²) in [5.41, 5.74) is 1.25. The van der Waals surface area contributed by atoms with Crippen molar-refractivity contribution in [1.29, 1.82) is 0 Å². The van der Waals surface area contributed by atoms with Crippen molar-refractivity contribution in [1.82, 2.24) is 29.7 Å². The Labute approximate surface area is 199 Å². The van der Waals surface area contributed by atoms with Crippen LogP contribution in [0.3, 0.4) is 0 Å². The van der Waals surface area contributed by atoms with Crippen molar-refractivity contribution in [3.8, 4) is 5.75 Å². The van der Waals surface area contributed by atoms with Gasteiger partial charge in [-0.1, -0.05) is 19.9 Å². The van der Waals surface area contributed by atoms with Gasteiger partial charge in [-0.2, -0.15) is 4.98 Å². The first-order valence-electron chi connectivity index (χ1n) is 11.9. The van der Waals surface area contributed by atoms with E-state index in [-0.39, 0.29) is 0 Å². The Morgan fingerprint density at radius 2 is 1.79 bits per heavy atom. The van der Waals surface area contributed by atoms with Crippen LogP contribution < -0.4 is 15.0 Å². The first-order chi connectivity index (χ1) is 16.7. The molecule has 0 radical (unpaired) electrons. The van der Waals surface area contributed by atoms with Crippen LogP contribution in [-0.4, -0.2) is 49.4 Å². The Hall–Kier alpha value is -3.75. The number of rotatable bonds is 8. The van der Waals surface area contributed by atoms with E-state index in [0.717, 1.165) is 47.2 Å². The summed E-state index contributed by atoms with van der Waals surface area (Å²) in [6.45, 7) is 7.62. The second-order valence-electron chi connectivity index (χ2n) is 8.89. The van der Waals surface area contributed by atoms with Crippen LogP contribution in [0.1, 0.15) is 44.6 Å². The fourth-order valence-corrected chi connectivity index (χ4v) is 4.33. The van der Waals surface area contributed by atoms with Crippen molar-refractivity contribution < 1.29 is 4.74 Å². The third-order valence-corrected chi connectivity index (χ3v) is 6.13. The molecule has 1 fully saturated rings. The number of pyridine rings is 1. The Morgan fingerprint density at radius 1 is 0.971 bits per heavy atom. The second-order valence-corrected chi connectivity index (χ2v) is 8.89. The topological polar surface area (TPSA) is 93.9 Å². The lowest BCUT2D eigenvalue weighted by Crippen LogP contribution is -2.31. The summed E-state index contributed by atoms with van der Waals surface area (Å²) in [6, 6.07) is 8.14. The molecule has 0 aliphatic carbocycles. The summed E-state index contributed by atoms with van der Waals surface area (Å²) in [4.78, 5) is 16.1.